The van der Waals surface area contributed by atoms with Crippen LogP contribution in [0.3, 0.4) is 0 Å². The average Bonchev–Trinajstić information content (AvgIpc) is 3.08. The largest absolute Gasteiger partial charge is 0.493 e. The summed E-state index contributed by atoms with van der Waals surface area (Å²) in [5.41, 5.74) is 2.18. The molecular weight excluding hydrogens is 665 g/mol. The monoisotopic (exact) mass is 715 g/mol. The maximum atomic E-state index is 13.4. The normalized spacial score (nSPS) is 12.8. The van der Waals surface area contributed by atoms with Crippen LogP contribution in [0.1, 0.15) is 52.8 Å². The molecule has 0 aromatic heterocycles. The predicted molar refractivity (Wildman–Crippen MR) is 201 cm³/mol. The minimum absolute atomic E-state index is 0. The highest BCUT2D eigenvalue weighted by Crippen LogP contribution is 2.29. The van der Waals surface area contributed by atoms with Crippen LogP contribution in [0.15, 0.2) is 72.8 Å². The van der Waals surface area contributed by atoms with Crippen LogP contribution in [0.4, 0.5) is 11.4 Å². The molecule has 268 valence electrons. The van der Waals surface area contributed by atoms with Crippen molar-refractivity contribution >= 4 is 53.9 Å². The Kier molecular flexibility index (Phi) is 18.0. The van der Waals surface area contributed by atoms with E-state index in [-0.39, 0.29) is 42.5 Å². The lowest BCUT2D eigenvalue weighted by Crippen LogP contribution is -2.47. The molecule has 1 N–H and O–H groups in total. The number of hydrogen-bond donors (Lipinski definition) is 1. The van der Waals surface area contributed by atoms with Crippen LogP contribution in [-0.4, -0.2) is 107 Å². The van der Waals surface area contributed by atoms with Gasteiger partial charge in [-0.25, -0.2) is 0 Å². The fourth-order valence-electron chi connectivity index (χ4n) is 5.35. The van der Waals surface area contributed by atoms with Crippen LogP contribution in [-0.2, 0) is 4.79 Å². The Labute approximate surface area is 303 Å². The smallest absolute Gasteiger partial charge is 0.259 e. The molecule has 3 aromatic carbocycles. The minimum Gasteiger partial charge on any atom is -0.493 e. The van der Waals surface area contributed by atoms with Crippen molar-refractivity contribution < 1.29 is 23.9 Å². The highest BCUT2D eigenvalue weighted by atomic mass is 35.5. The third kappa shape index (κ3) is 12.9. The number of nitrogens with zero attached hydrogens (tertiary/aromatic N) is 4. The molecule has 1 fully saturated rings. The van der Waals surface area contributed by atoms with E-state index in [1.807, 2.05) is 49.3 Å². The summed E-state index contributed by atoms with van der Waals surface area (Å²) in [6.07, 6.45) is 3.97. The Morgan fingerprint density at radius 2 is 1.35 bits per heavy atom. The van der Waals surface area contributed by atoms with Crippen molar-refractivity contribution in [1.29, 1.82) is 0 Å². The second-order valence-corrected chi connectivity index (χ2v) is 12.2. The van der Waals surface area contributed by atoms with E-state index in [1.165, 1.54) is 0 Å². The van der Waals surface area contributed by atoms with Gasteiger partial charge in [0, 0.05) is 57.4 Å². The molecule has 0 atom stereocenters. The molecule has 3 aromatic rings. The number of benzene rings is 3. The zero-order valence-corrected chi connectivity index (χ0v) is 30.7. The summed E-state index contributed by atoms with van der Waals surface area (Å²) < 4.78 is 12.0. The van der Waals surface area contributed by atoms with Crippen LogP contribution in [0.5, 0.6) is 11.5 Å². The molecule has 1 aliphatic heterocycles. The fraction of sp³-hybridized carbons (Fsp3) is 0.432. The quantitative estimate of drug-likeness (QED) is 0.179. The molecule has 3 amide bonds. The topological polar surface area (TPSA) is 94.7 Å². The van der Waals surface area contributed by atoms with E-state index >= 15 is 0 Å². The highest BCUT2D eigenvalue weighted by molar-refractivity contribution is 6.08. The van der Waals surface area contributed by atoms with Crippen molar-refractivity contribution in [3.63, 3.8) is 0 Å². The van der Waals surface area contributed by atoms with Gasteiger partial charge in [-0.15, -0.1) is 24.8 Å². The van der Waals surface area contributed by atoms with Gasteiger partial charge in [-0.2, -0.15) is 0 Å². The number of piperazine rings is 1. The van der Waals surface area contributed by atoms with E-state index < -0.39 is 0 Å². The molecule has 0 aliphatic carbocycles. The average molecular weight is 717 g/mol. The van der Waals surface area contributed by atoms with Crippen LogP contribution in [0.25, 0.3) is 0 Å². The molecule has 10 nitrogen and oxygen atoms in total. The zero-order chi connectivity index (χ0) is 33.6. The summed E-state index contributed by atoms with van der Waals surface area (Å²) in [6, 6.07) is 21.5. The van der Waals surface area contributed by atoms with Crippen molar-refractivity contribution in [3.8, 4) is 11.5 Å². The first-order valence-corrected chi connectivity index (χ1v) is 16.5. The number of unbranched alkanes of at least 4 members (excludes halogenated alkanes) is 2. The molecule has 1 aliphatic rings. The van der Waals surface area contributed by atoms with Gasteiger partial charge >= 0.3 is 0 Å². The van der Waals surface area contributed by atoms with Gasteiger partial charge < -0.3 is 34.4 Å². The molecule has 12 heteroatoms. The number of para-hydroxylation sites is 3. The predicted octanol–water partition coefficient (Wildman–Crippen LogP) is 6.10. The van der Waals surface area contributed by atoms with Gasteiger partial charge in [0.25, 0.3) is 11.8 Å². The van der Waals surface area contributed by atoms with Crippen molar-refractivity contribution in [2.45, 2.75) is 32.1 Å². The number of likely N-dealkylation sites (N-methyl/N-ethyl adjacent to an activating group) is 1. The molecule has 0 saturated carbocycles. The van der Waals surface area contributed by atoms with E-state index in [0.29, 0.717) is 53.6 Å². The lowest BCUT2D eigenvalue weighted by molar-refractivity contribution is -0.132. The number of anilines is 2. The molecule has 1 heterocycles. The highest BCUT2D eigenvalue weighted by Gasteiger charge is 2.20. The van der Waals surface area contributed by atoms with Crippen molar-refractivity contribution in [3.05, 3.63) is 83.9 Å². The SMILES string of the molecule is CN(C)CCCOc1ccccc1C(=O)Nc1ccc(C(=O)N(C)c2ccccc2OCCCCCC(=O)N2CCN(C)CC2)cc1.Cl.Cl. The molecule has 4 rings (SSSR count). The number of amides is 3. The molecular formula is C37H51Cl2N5O5. The second-order valence-electron chi connectivity index (χ2n) is 12.2. The summed E-state index contributed by atoms with van der Waals surface area (Å²) in [5, 5.41) is 2.91. The van der Waals surface area contributed by atoms with Gasteiger partial charge in [-0.3, -0.25) is 14.4 Å². The number of ether oxygens (including phenoxy) is 2. The van der Waals surface area contributed by atoms with Crippen molar-refractivity contribution in [2.75, 3.05) is 84.3 Å². The van der Waals surface area contributed by atoms with Gasteiger partial charge in [0.15, 0.2) is 0 Å². The molecule has 49 heavy (non-hydrogen) atoms. The Morgan fingerprint density at radius 3 is 2.04 bits per heavy atom. The summed E-state index contributed by atoms with van der Waals surface area (Å²) >= 11 is 0. The van der Waals surface area contributed by atoms with Gasteiger partial charge in [0.05, 0.1) is 24.5 Å². The number of carbonyl (C=O) groups is 3. The van der Waals surface area contributed by atoms with Crippen LogP contribution >= 0.6 is 24.8 Å². The van der Waals surface area contributed by atoms with Gasteiger partial charge in [0.1, 0.15) is 11.5 Å². The molecule has 1 saturated heterocycles. The maximum absolute atomic E-state index is 13.4. The summed E-state index contributed by atoms with van der Waals surface area (Å²) in [6.45, 7) is 5.40. The van der Waals surface area contributed by atoms with E-state index in [4.69, 9.17) is 9.47 Å². The van der Waals surface area contributed by atoms with E-state index in [1.54, 1.807) is 54.4 Å². The first-order chi connectivity index (χ1) is 22.7. The van der Waals surface area contributed by atoms with Crippen molar-refractivity contribution in [2.24, 2.45) is 0 Å². The third-order valence-electron chi connectivity index (χ3n) is 8.21. The van der Waals surface area contributed by atoms with Crippen LogP contribution in [0.2, 0.25) is 0 Å². The van der Waals surface area contributed by atoms with E-state index in [9.17, 15) is 14.4 Å². The number of nitrogens with one attached hydrogen (secondary N) is 1. The first-order valence-electron chi connectivity index (χ1n) is 16.5. The maximum Gasteiger partial charge on any atom is 0.259 e. The van der Waals surface area contributed by atoms with E-state index in [2.05, 4.69) is 22.2 Å². The van der Waals surface area contributed by atoms with Gasteiger partial charge in [-0.05, 0) is 95.4 Å². The number of carbonyl (C=O) groups excluding carboxylic acids is 3. The second kappa shape index (κ2) is 21.3. The van der Waals surface area contributed by atoms with E-state index in [0.717, 1.165) is 58.4 Å². The first kappa shape index (κ1) is 41.3. The lowest BCUT2D eigenvalue weighted by atomic mass is 10.1. The minimum atomic E-state index is -0.280. The Balaban J connectivity index is 0.00000417. The Morgan fingerprint density at radius 1 is 0.735 bits per heavy atom. The summed E-state index contributed by atoms with van der Waals surface area (Å²) in [4.78, 5) is 46.8. The zero-order valence-electron chi connectivity index (χ0n) is 29.1. The van der Waals surface area contributed by atoms with Crippen molar-refractivity contribution in [1.82, 2.24) is 14.7 Å². The molecule has 0 unspecified atom stereocenters. The lowest BCUT2D eigenvalue weighted by Gasteiger charge is -2.32. The number of hydrogen-bond acceptors (Lipinski definition) is 7. The van der Waals surface area contributed by atoms with Crippen LogP contribution < -0.4 is 19.7 Å². The van der Waals surface area contributed by atoms with Gasteiger partial charge in [0.2, 0.25) is 5.91 Å². The molecule has 0 radical (unpaired) electrons. The summed E-state index contributed by atoms with van der Waals surface area (Å²) in [5.74, 6) is 0.925. The Bertz CT molecular complexity index is 1470. The number of rotatable bonds is 16. The summed E-state index contributed by atoms with van der Waals surface area (Å²) in [7, 11) is 7.83. The fourth-order valence-corrected chi connectivity index (χ4v) is 5.35. The third-order valence-corrected chi connectivity index (χ3v) is 8.21. The van der Waals surface area contributed by atoms with Crippen LogP contribution in [0, 0.1) is 0 Å². The standard InChI is InChI=1S/C37H49N5O5.2ClH/c1-39(2)22-12-28-46-33-15-9-7-13-31(33)36(44)38-30-20-18-29(19-21-30)37(45)41(4)32-14-8-10-16-34(32)47-27-11-5-6-17-35(43)42-25-23-40(3)24-26-42;;/h7-10,13-16,18-21H,5-6,11-12,17,22-28H2,1-4H3,(H,38,44);2*1H. The number of halogens is 2. The van der Waals surface area contributed by atoms with Gasteiger partial charge in [-0.1, -0.05) is 24.3 Å². The molecule has 0 spiro atoms. The molecule has 0 bridgehead atoms. The Hall–Kier alpha value is -3.83.